The summed E-state index contributed by atoms with van der Waals surface area (Å²) in [6.45, 7) is 2.12. The molecule has 2 aromatic rings. The lowest BCUT2D eigenvalue weighted by Gasteiger charge is -2.12. The quantitative estimate of drug-likeness (QED) is 0.629. The van der Waals surface area contributed by atoms with Crippen molar-refractivity contribution in [1.29, 1.82) is 0 Å². The second kappa shape index (κ2) is 7.77. The van der Waals surface area contributed by atoms with Crippen LogP contribution in [0.25, 0.3) is 6.08 Å². The summed E-state index contributed by atoms with van der Waals surface area (Å²) in [5.41, 5.74) is 1.61. The Morgan fingerprint density at radius 1 is 1.33 bits per heavy atom. The zero-order valence-corrected chi connectivity index (χ0v) is 15.1. The second-order valence-electron chi connectivity index (χ2n) is 5.47. The Hall–Kier alpha value is -1.92. The van der Waals surface area contributed by atoms with Gasteiger partial charge in [-0.1, -0.05) is 6.07 Å². The van der Waals surface area contributed by atoms with E-state index in [9.17, 15) is 9.59 Å². The number of nitrogens with one attached hydrogen (secondary N) is 1. The van der Waals surface area contributed by atoms with Crippen LogP contribution in [0.3, 0.4) is 0 Å². The molecular formula is C18H19NO3S2. The van der Waals surface area contributed by atoms with E-state index in [1.165, 1.54) is 22.3 Å². The van der Waals surface area contributed by atoms with E-state index < -0.39 is 0 Å². The zero-order valence-electron chi connectivity index (χ0n) is 13.5. The van der Waals surface area contributed by atoms with Gasteiger partial charge in [-0.15, -0.1) is 22.7 Å². The Morgan fingerprint density at radius 2 is 2.17 bits per heavy atom. The first-order valence-electron chi connectivity index (χ1n) is 8.03. The maximum absolute atomic E-state index is 12.3. The fraction of sp³-hybridized carbons (Fsp3) is 0.333. The lowest BCUT2D eigenvalue weighted by molar-refractivity contribution is -0.111. The van der Waals surface area contributed by atoms with E-state index in [1.807, 2.05) is 17.5 Å². The molecule has 126 valence electrons. The molecule has 0 saturated carbocycles. The third-order valence-electron chi connectivity index (χ3n) is 3.83. The van der Waals surface area contributed by atoms with Crippen LogP contribution in [0, 0.1) is 0 Å². The molecule has 2 heterocycles. The van der Waals surface area contributed by atoms with E-state index in [0.717, 1.165) is 36.1 Å². The molecule has 0 saturated heterocycles. The summed E-state index contributed by atoms with van der Waals surface area (Å²) in [5.74, 6) is -0.568. The summed E-state index contributed by atoms with van der Waals surface area (Å²) in [4.78, 5) is 26.8. The van der Waals surface area contributed by atoms with Gasteiger partial charge in [-0.25, -0.2) is 4.79 Å². The first kappa shape index (κ1) is 16.9. The van der Waals surface area contributed by atoms with Gasteiger partial charge in [0.25, 0.3) is 0 Å². The van der Waals surface area contributed by atoms with Crippen molar-refractivity contribution in [1.82, 2.24) is 0 Å². The number of ether oxygens (including phenoxy) is 1. The molecule has 1 aliphatic carbocycles. The van der Waals surface area contributed by atoms with Crippen LogP contribution in [-0.4, -0.2) is 18.5 Å². The Labute approximate surface area is 149 Å². The van der Waals surface area contributed by atoms with E-state index in [4.69, 9.17) is 4.74 Å². The predicted octanol–water partition coefficient (Wildman–Crippen LogP) is 4.52. The number of esters is 1. The Balaban J connectivity index is 1.82. The molecule has 1 amide bonds. The highest BCUT2D eigenvalue weighted by Crippen LogP contribution is 2.38. The van der Waals surface area contributed by atoms with Crippen LogP contribution < -0.4 is 5.32 Å². The summed E-state index contributed by atoms with van der Waals surface area (Å²) < 4.78 is 5.19. The molecule has 0 atom stereocenters. The summed E-state index contributed by atoms with van der Waals surface area (Å²) in [6, 6.07) is 3.89. The van der Waals surface area contributed by atoms with Gasteiger partial charge in [0.15, 0.2) is 0 Å². The zero-order chi connectivity index (χ0) is 16.9. The highest BCUT2D eigenvalue weighted by Gasteiger charge is 2.26. The topological polar surface area (TPSA) is 55.4 Å². The van der Waals surface area contributed by atoms with Gasteiger partial charge in [0.1, 0.15) is 5.00 Å². The minimum Gasteiger partial charge on any atom is -0.462 e. The van der Waals surface area contributed by atoms with Crippen LogP contribution in [0.2, 0.25) is 0 Å². The van der Waals surface area contributed by atoms with Gasteiger partial charge in [0.05, 0.1) is 12.2 Å². The molecule has 1 N–H and O–H groups in total. The number of hydrogen-bond donors (Lipinski definition) is 1. The standard InChI is InChI=1S/C18H19NO3S2/c1-2-22-18(21)16-13-7-3-4-8-14(13)24-17(16)19-15(20)10-9-12-6-5-11-23-12/h5-6,9-11H,2-4,7-8H2,1H3,(H,19,20)/b10-9-. The van der Waals surface area contributed by atoms with Crippen LogP contribution in [0.15, 0.2) is 23.6 Å². The normalized spacial score (nSPS) is 13.7. The lowest BCUT2D eigenvalue weighted by Crippen LogP contribution is -2.14. The van der Waals surface area contributed by atoms with Gasteiger partial charge in [0, 0.05) is 15.8 Å². The molecule has 0 radical (unpaired) electrons. The van der Waals surface area contributed by atoms with Crippen LogP contribution in [0.4, 0.5) is 5.00 Å². The Bertz CT molecular complexity index is 760. The molecule has 0 fully saturated rings. The van der Waals surface area contributed by atoms with Crippen LogP contribution >= 0.6 is 22.7 Å². The van der Waals surface area contributed by atoms with Gasteiger partial charge < -0.3 is 10.1 Å². The van der Waals surface area contributed by atoms with E-state index in [1.54, 1.807) is 24.3 Å². The van der Waals surface area contributed by atoms with Crippen molar-refractivity contribution in [3.05, 3.63) is 44.5 Å². The molecule has 0 spiro atoms. The third-order valence-corrected chi connectivity index (χ3v) is 5.87. The van der Waals surface area contributed by atoms with E-state index >= 15 is 0 Å². The predicted molar refractivity (Wildman–Crippen MR) is 98.9 cm³/mol. The van der Waals surface area contributed by atoms with Crippen LogP contribution in [0.5, 0.6) is 0 Å². The van der Waals surface area contributed by atoms with Crippen molar-refractivity contribution in [2.45, 2.75) is 32.6 Å². The summed E-state index contributed by atoms with van der Waals surface area (Å²) in [7, 11) is 0. The van der Waals surface area contributed by atoms with Gasteiger partial charge in [-0.05, 0) is 55.7 Å². The number of carbonyl (C=O) groups excluding carboxylic acids is 2. The lowest BCUT2D eigenvalue weighted by atomic mass is 9.95. The van der Waals surface area contributed by atoms with Crippen LogP contribution in [0.1, 0.15) is 45.4 Å². The largest absolute Gasteiger partial charge is 0.462 e. The van der Waals surface area contributed by atoms with Gasteiger partial charge in [0.2, 0.25) is 5.91 Å². The minimum atomic E-state index is -0.338. The molecule has 2 aromatic heterocycles. The molecule has 0 bridgehead atoms. The average Bonchev–Trinajstić information content (AvgIpc) is 3.20. The highest BCUT2D eigenvalue weighted by atomic mass is 32.1. The maximum Gasteiger partial charge on any atom is 0.341 e. The summed E-state index contributed by atoms with van der Waals surface area (Å²) in [5, 5.41) is 5.44. The van der Waals surface area contributed by atoms with Gasteiger partial charge in [-0.2, -0.15) is 0 Å². The van der Waals surface area contributed by atoms with Crippen molar-refractivity contribution in [3.8, 4) is 0 Å². The molecule has 0 unspecified atom stereocenters. The van der Waals surface area contributed by atoms with Crippen molar-refractivity contribution in [3.63, 3.8) is 0 Å². The SMILES string of the molecule is CCOC(=O)c1c(NC(=O)/C=C\c2cccs2)sc2c1CCCC2. The van der Waals surface area contributed by atoms with E-state index in [0.29, 0.717) is 17.2 Å². The highest BCUT2D eigenvalue weighted by molar-refractivity contribution is 7.17. The summed E-state index contributed by atoms with van der Waals surface area (Å²) in [6.07, 6.45) is 7.31. The van der Waals surface area contributed by atoms with Gasteiger partial charge >= 0.3 is 5.97 Å². The molecule has 6 heteroatoms. The molecule has 24 heavy (non-hydrogen) atoms. The Morgan fingerprint density at radius 3 is 2.92 bits per heavy atom. The third kappa shape index (κ3) is 3.76. The van der Waals surface area contributed by atoms with E-state index in [-0.39, 0.29) is 11.9 Å². The smallest absolute Gasteiger partial charge is 0.341 e. The van der Waals surface area contributed by atoms with Crippen LogP contribution in [-0.2, 0) is 22.4 Å². The number of thiophene rings is 2. The second-order valence-corrected chi connectivity index (χ2v) is 7.56. The number of hydrogen-bond acceptors (Lipinski definition) is 5. The fourth-order valence-corrected chi connectivity index (χ4v) is 4.67. The van der Waals surface area contributed by atoms with Crippen molar-refractivity contribution in [2.24, 2.45) is 0 Å². The Kier molecular flexibility index (Phi) is 5.48. The van der Waals surface area contributed by atoms with Gasteiger partial charge in [-0.3, -0.25) is 4.79 Å². The number of rotatable bonds is 5. The number of anilines is 1. The van der Waals surface area contributed by atoms with Crippen molar-refractivity contribution >= 4 is 45.6 Å². The molecular weight excluding hydrogens is 342 g/mol. The van der Waals surface area contributed by atoms with E-state index in [2.05, 4.69) is 5.32 Å². The fourth-order valence-electron chi connectivity index (χ4n) is 2.77. The molecule has 0 aliphatic heterocycles. The number of fused-ring (bicyclic) bond motifs is 1. The number of amides is 1. The number of aryl methyl sites for hydroxylation is 1. The minimum absolute atomic E-state index is 0.229. The molecule has 1 aliphatic rings. The van der Waals surface area contributed by atoms with Crippen molar-refractivity contribution < 1.29 is 14.3 Å². The monoisotopic (exact) mass is 361 g/mol. The summed E-state index contributed by atoms with van der Waals surface area (Å²) >= 11 is 3.07. The first-order chi connectivity index (χ1) is 11.7. The maximum atomic E-state index is 12.3. The molecule has 4 nitrogen and oxygen atoms in total. The first-order valence-corrected chi connectivity index (χ1v) is 9.73. The van der Waals surface area contributed by atoms with Crippen molar-refractivity contribution in [2.75, 3.05) is 11.9 Å². The molecule has 0 aromatic carbocycles. The average molecular weight is 361 g/mol. The number of carbonyl (C=O) groups is 2. The molecule has 3 rings (SSSR count).